The summed E-state index contributed by atoms with van der Waals surface area (Å²) in [4.78, 5) is -0.170. The minimum Gasteiger partial charge on any atom is -0.495 e. The van der Waals surface area contributed by atoms with Crippen LogP contribution in [0.15, 0.2) is 71.6 Å². The van der Waals surface area contributed by atoms with Gasteiger partial charge in [-0.3, -0.25) is 4.72 Å². The first-order chi connectivity index (χ1) is 15.7. The van der Waals surface area contributed by atoms with E-state index in [4.69, 9.17) is 28.6 Å². The van der Waals surface area contributed by atoms with E-state index in [-0.39, 0.29) is 26.5 Å². The van der Waals surface area contributed by atoms with Crippen molar-refractivity contribution in [1.82, 2.24) is 0 Å². The average Bonchev–Trinajstić information content (AvgIpc) is 2.76. The van der Waals surface area contributed by atoms with Crippen molar-refractivity contribution < 1.29 is 26.7 Å². The van der Waals surface area contributed by atoms with Crippen molar-refractivity contribution in [2.45, 2.75) is 11.5 Å². The van der Waals surface area contributed by atoms with E-state index in [2.05, 4.69) is 20.1 Å². The Morgan fingerprint density at radius 3 is 2.30 bits per heavy atom. The largest absolute Gasteiger partial charge is 0.495 e. The molecule has 0 aromatic heterocycles. The Labute approximate surface area is 199 Å². The summed E-state index contributed by atoms with van der Waals surface area (Å²) in [5.41, 5.74) is 1.12. The molecule has 3 aromatic rings. The minimum atomic E-state index is -4.05. The smallest absolute Gasteiger partial charge is 0.387 e. The number of halogens is 3. The van der Waals surface area contributed by atoms with Crippen molar-refractivity contribution in [3.63, 3.8) is 0 Å². The molecule has 0 amide bonds. The number of rotatable bonds is 8. The van der Waals surface area contributed by atoms with Crippen molar-refractivity contribution in [2.24, 2.45) is 0 Å². The van der Waals surface area contributed by atoms with E-state index in [1.54, 1.807) is 30.3 Å². The lowest BCUT2D eigenvalue weighted by Crippen LogP contribution is -2.20. The third-order valence-corrected chi connectivity index (χ3v) is 6.22. The normalized spacial score (nSPS) is 11.1. The Morgan fingerprint density at radius 2 is 1.64 bits per heavy atom. The number of thiocarbonyl (C=S) groups is 1. The number of anilines is 3. The van der Waals surface area contributed by atoms with Gasteiger partial charge in [0.2, 0.25) is 0 Å². The van der Waals surface area contributed by atoms with Gasteiger partial charge < -0.3 is 20.1 Å². The van der Waals surface area contributed by atoms with Crippen LogP contribution in [0.1, 0.15) is 0 Å². The first kappa shape index (κ1) is 24.5. The zero-order valence-electron chi connectivity index (χ0n) is 17.0. The number of benzene rings is 3. The molecule has 3 rings (SSSR count). The SMILES string of the molecule is COc1ccccc1NS(=O)(=O)c1cc(NC(=S)Nc2ccc(OC(F)F)cc2)ccc1Cl. The molecule has 0 radical (unpaired) electrons. The lowest BCUT2D eigenvalue weighted by Gasteiger charge is -2.15. The molecule has 0 bridgehead atoms. The number of alkyl halides is 2. The van der Waals surface area contributed by atoms with Crippen molar-refractivity contribution in [3.05, 3.63) is 71.8 Å². The molecular weight excluding hydrogens is 496 g/mol. The summed E-state index contributed by atoms with van der Waals surface area (Å²) in [5.74, 6) is 0.353. The fourth-order valence-electron chi connectivity index (χ4n) is 2.73. The van der Waals surface area contributed by atoms with Gasteiger partial charge in [0.15, 0.2) is 5.11 Å². The fraction of sp³-hybridized carbons (Fsp3) is 0.0952. The molecule has 3 N–H and O–H groups in total. The van der Waals surface area contributed by atoms with Crippen LogP contribution in [0.4, 0.5) is 25.8 Å². The number of para-hydroxylation sites is 2. The average molecular weight is 514 g/mol. The van der Waals surface area contributed by atoms with Gasteiger partial charge in [0.1, 0.15) is 16.4 Å². The van der Waals surface area contributed by atoms with Crippen LogP contribution < -0.4 is 24.8 Å². The Kier molecular flexibility index (Phi) is 7.90. The second-order valence-corrected chi connectivity index (χ2v) is 8.90. The van der Waals surface area contributed by atoms with Crippen LogP contribution in [0.25, 0.3) is 0 Å². The molecule has 0 saturated heterocycles. The molecule has 0 aliphatic heterocycles. The van der Waals surface area contributed by atoms with Gasteiger partial charge in [0.05, 0.1) is 17.8 Å². The predicted molar refractivity (Wildman–Crippen MR) is 128 cm³/mol. The van der Waals surface area contributed by atoms with Gasteiger partial charge in [0, 0.05) is 11.4 Å². The molecule has 0 saturated carbocycles. The Bertz CT molecular complexity index is 1240. The number of sulfonamides is 1. The van der Waals surface area contributed by atoms with E-state index in [1.165, 1.54) is 43.5 Å². The van der Waals surface area contributed by atoms with Crippen LogP contribution in [0.2, 0.25) is 5.02 Å². The molecule has 0 fully saturated rings. The molecule has 7 nitrogen and oxygen atoms in total. The maximum absolute atomic E-state index is 12.9. The Balaban J connectivity index is 1.73. The third-order valence-electron chi connectivity index (χ3n) is 4.17. The summed E-state index contributed by atoms with van der Waals surface area (Å²) >= 11 is 11.4. The van der Waals surface area contributed by atoms with Crippen molar-refractivity contribution in [2.75, 3.05) is 22.5 Å². The molecule has 3 aromatic carbocycles. The van der Waals surface area contributed by atoms with Crippen molar-refractivity contribution >= 4 is 56.0 Å². The van der Waals surface area contributed by atoms with Crippen LogP contribution in [-0.4, -0.2) is 27.3 Å². The number of hydrogen-bond donors (Lipinski definition) is 3. The highest BCUT2D eigenvalue weighted by Crippen LogP contribution is 2.30. The summed E-state index contributed by atoms with van der Waals surface area (Å²) in [6, 6.07) is 16.6. The van der Waals surface area contributed by atoms with E-state index in [0.717, 1.165) is 0 Å². The Hall–Kier alpha value is -3.15. The number of methoxy groups -OCH3 is 1. The van der Waals surface area contributed by atoms with E-state index in [0.29, 0.717) is 17.1 Å². The summed E-state index contributed by atoms with van der Waals surface area (Å²) in [7, 11) is -2.62. The molecule has 0 unspecified atom stereocenters. The topological polar surface area (TPSA) is 88.7 Å². The molecule has 0 spiro atoms. The first-order valence-corrected chi connectivity index (χ1v) is 11.5. The molecule has 174 valence electrons. The predicted octanol–water partition coefficient (Wildman–Crippen LogP) is 5.56. The molecule has 12 heteroatoms. The van der Waals surface area contributed by atoms with Gasteiger partial charge >= 0.3 is 6.61 Å². The summed E-state index contributed by atoms with van der Waals surface area (Å²) in [6.45, 7) is -2.92. The minimum absolute atomic E-state index is 0.00419. The third kappa shape index (κ3) is 6.67. The van der Waals surface area contributed by atoms with Gasteiger partial charge in [-0.15, -0.1) is 0 Å². The number of nitrogens with one attached hydrogen (secondary N) is 3. The molecule has 0 aliphatic carbocycles. The summed E-state index contributed by atoms with van der Waals surface area (Å²) < 4.78 is 62.3. The summed E-state index contributed by atoms with van der Waals surface area (Å²) in [5, 5.41) is 5.87. The number of ether oxygens (including phenoxy) is 2. The van der Waals surface area contributed by atoms with Crippen molar-refractivity contribution in [3.8, 4) is 11.5 Å². The van der Waals surface area contributed by atoms with Gasteiger partial charge in [0.25, 0.3) is 10.0 Å². The van der Waals surface area contributed by atoms with E-state index in [1.807, 2.05) is 0 Å². The molecule has 33 heavy (non-hydrogen) atoms. The zero-order valence-corrected chi connectivity index (χ0v) is 19.4. The second-order valence-electron chi connectivity index (χ2n) is 6.43. The lowest BCUT2D eigenvalue weighted by atomic mass is 10.3. The standard InChI is InChI=1S/C21H18ClF2N3O4S2/c1-30-18-5-3-2-4-17(18)27-33(28,29)19-12-14(8-11-16(19)22)26-21(32)25-13-6-9-15(10-7-13)31-20(23)24/h2-12,20,27H,1H3,(H2,25,26,32). The van der Waals surface area contributed by atoms with Crippen LogP contribution in [0, 0.1) is 0 Å². The highest BCUT2D eigenvalue weighted by molar-refractivity contribution is 7.92. The maximum atomic E-state index is 12.9. The zero-order chi connectivity index (χ0) is 24.0. The van der Waals surface area contributed by atoms with Crippen LogP contribution >= 0.6 is 23.8 Å². The van der Waals surface area contributed by atoms with Gasteiger partial charge in [-0.05, 0) is 66.8 Å². The molecular formula is C21H18ClF2N3O4S2. The first-order valence-electron chi connectivity index (χ1n) is 9.26. The fourth-order valence-corrected chi connectivity index (χ4v) is 4.56. The molecule has 0 heterocycles. The quantitative estimate of drug-likeness (QED) is 0.340. The molecule has 0 atom stereocenters. The summed E-state index contributed by atoms with van der Waals surface area (Å²) in [6.07, 6.45) is 0. The van der Waals surface area contributed by atoms with Crippen LogP contribution in [0.3, 0.4) is 0 Å². The van der Waals surface area contributed by atoms with Crippen molar-refractivity contribution in [1.29, 1.82) is 0 Å². The second kappa shape index (κ2) is 10.6. The highest BCUT2D eigenvalue weighted by atomic mass is 35.5. The monoisotopic (exact) mass is 513 g/mol. The van der Waals surface area contributed by atoms with E-state index < -0.39 is 16.6 Å². The van der Waals surface area contributed by atoms with E-state index >= 15 is 0 Å². The van der Waals surface area contributed by atoms with Gasteiger partial charge in [-0.2, -0.15) is 8.78 Å². The Morgan fingerprint density at radius 1 is 1.00 bits per heavy atom. The highest BCUT2D eigenvalue weighted by Gasteiger charge is 2.20. The lowest BCUT2D eigenvalue weighted by molar-refractivity contribution is -0.0498. The van der Waals surface area contributed by atoms with Gasteiger partial charge in [-0.1, -0.05) is 23.7 Å². The van der Waals surface area contributed by atoms with E-state index in [9.17, 15) is 17.2 Å². The maximum Gasteiger partial charge on any atom is 0.387 e. The van der Waals surface area contributed by atoms with Crippen LogP contribution in [0.5, 0.6) is 11.5 Å². The molecule has 0 aliphatic rings. The number of hydrogen-bond acceptors (Lipinski definition) is 5. The van der Waals surface area contributed by atoms with Gasteiger partial charge in [-0.25, -0.2) is 8.42 Å². The van der Waals surface area contributed by atoms with Crippen LogP contribution in [-0.2, 0) is 10.0 Å².